The van der Waals surface area contributed by atoms with Crippen LogP contribution in [0, 0.1) is 18.3 Å². The average Bonchev–Trinajstić information content (AvgIpc) is 3.11. The Morgan fingerprint density at radius 1 is 1.28 bits per heavy atom. The van der Waals surface area contributed by atoms with E-state index in [4.69, 9.17) is 14.4 Å². The lowest BCUT2D eigenvalue weighted by Gasteiger charge is -2.05. The number of aromatic nitrogens is 3. The molecule has 3 aromatic rings. The van der Waals surface area contributed by atoms with Gasteiger partial charge in [0, 0.05) is 17.6 Å². The molecule has 1 N–H and O–H groups in total. The van der Waals surface area contributed by atoms with Crippen LogP contribution in [0.25, 0.3) is 11.5 Å². The molecule has 0 spiro atoms. The summed E-state index contributed by atoms with van der Waals surface area (Å²) in [7, 11) is 1.49. The Morgan fingerprint density at radius 3 is 2.84 bits per heavy atom. The summed E-state index contributed by atoms with van der Waals surface area (Å²) in [5, 5.41) is 19.3. The number of pyridine rings is 1. The molecule has 8 nitrogen and oxygen atoms in total. The minimum Gasteiger partial charge on any atom is -0.496 e. The fourth-order valence-corrected chi connectivity index (χ4v) is 2.18. The van der Waals surface area contributed by atoms with Gasteiger partial charge in [-0.3, -0.25) is 9.78 Å². The first kappa shape index (κ1) is 16.1. The largest absolute Gasteiger partial charge is 0.496 e. The van der Waals surface area contributed by atoms with E-state index >= 15 is 0 Å². The van der Waals surface area contributed by atoms with Gasteiger partial charge in [-0.15, -0.1) is 10.2 Å². The van der Waals surface area contributed by atoms with Gasteiger partial charge in [0.25, 0.3) is 5.89 Å². The number of hydrogen-bond donors (Lipinski definition) is 1. The molecule has 2 aromatic heterocycles. The molecule has 124 valence electrons. The van der Waals surface area contributed by atoms with Crippen molar-refractivity contribution in [1.29, 1.82) is 5.26 Å². The van der Waals surface area contributed by atoms with Gasteiger partial charge in [-0.1, -0.05) is 0 Å². The van der Waals surface area contributed by atoms with Gasteiger partial charge in [0.2, 0.25) is 0 Å². The summed E-state index contributed by atoms with van der Waals surface area (Å²) in [5.41, 5.74) is 2.18. The number of hydrogen-bond acceptors (Lipinski definition) is 7. The summed E-state index contributed by atoms with van der Waals surface area (Å²) in [6.45, 7) is 1.81. The van der Waals surface area contributed by atoms with Crippen LogP contribution in [0.3, 0.4) is 0 Å². The first-order valence-electron chi connectivity index (χ1n) is 7.26. The van der Waals surface area contributed by atoms with E-state index in [0.29, 0.717) is 22.6 Å². The van der Waals surface area contributed by atoms with Crippen LogP contribution >= 0.6 is 0 Å². The van der Waals surface area contributed by atoms with Gasteiger partial charge in [-0.25, -0.2) is 0 Å². The van der Waals surface area contributed by atoms with E-state index in [-0.39, 0.29) is 11.8 Å². The fraction of sp³-hybridized carbons (Fsp3) is 0.118. The van der Waals surface area contributed by atoms with Gasteiger partial charge in [-0.05, 0) is 37.3 Å². The molecule has 0 radical (unpaired) electrons. The molecule has 0 aliphatic rings. The highest BCUT2D eigenvalue weighted by Crippen LogP contribution is 2.30. The number of benzene rings is 1. The van der Waals surface area contributed by atoms with E-state index in [1.54, 1.807) is 36.5 Å². The van der Waals surface area contributed by atoms with Crippen molar-refractivity contribution in [2.75, 3.05) is 12.4 Å². The quantitative estimate of drug-likeness (QED) is 0.779. The summed E-state index contributed by atoms with van der Waals surface area (Å²) in [6, 6.07) is 10.2. The maximum atomic E-state index is 12.2. The normalized spacial score (nSPS) is 10.1. The van der Waals surface area contributed by atoms with E-state index in [9.17, 15) is 4.79 Å². The molecular formula is C17H13N5O3. The highest BCUT2D eigenvalue weighted by atomic mass is 16.5. The molecular weight excluding hydrogens is 322 g/mol. The number of methoxy groups -OCH3 is 1. The number of nitriles is 1. The van der Waals surface area contributed by atoms with Crippen molar-refractivity contribution >= 4 is 11.6 Å². The SMILES string of the molecule is COc1ccc(C#N)cc1-c1nnc(C(=O)Nc2ccnc(C)c2)o1. The molecule has 8 heteroatoms. The van der Waals surface area contributed by atoms with Crippen molar-refractivity contribution in [3.05, 3.63) is 53.7 Å². The summed E-state index contributed by atoms with van der Waals surface area (Å²) < 4.78 is 10.7. The van der Waals surface area contributed by atoms with E-state index in [1.807, 2.05) is 13.0 Å². The second-order valence-corrected chi connectivity index (χ2v) is 5.08. The molecule has 3 rings (SSSR count). The van der Waals surface area contributed by atoms with Crippen molar-refractivity contribution in [3.8, 4) is 23.3 Å². The molecule has 0 aliphatic heterocycles. The Labute approximate surface area is 143 Å². The van der Waals surface area contributed by atoms with Gasteiger partial charge >= 0.3 is 11.8 Å². The van der Waals surface area contributed by atoms with Crippen molar-refractivity contribution in [2.24, 2.45) is 0 Å². The Morgan fingerprint density at radius 2 is 2.12 bits per heavy atom. The Kier molecular flexibility index (Phi) is 4.39. The lowest BCUT2D eigenvalue weighted by molar-refractivity contribution is 0.0991. The van der Waals surface area contributed by atoms with Crippen LogP contribution in [0.5, 0.6) is 5.75 Å². The Bertz CT molecular complexity index is 974. The molecule has 1 amide bonds. The number of nitrogens with zero attached hydrogens (tertiary/aromatic N) is 4. The van der Waals surface area contributed by atoms with E-state index in [0.717, 1.165) is 5.69 Å². The number of carbonyl (C=O) groups is 1. The zero-order chi connectivity index (χ0) is 17.8. The second-order valence-electron chi connectivity index (χ2n) is 5.08. The second kappa shape index (κ2) is 6.80. The van der Waals surface area contributed by atoms with Gasteiger partial charge in [0.05, 0.1) is 24.3 Å². The smallest absolute Gasteiger partial charge is 0.313 e. The predicted octanol–water partition coefficient (Wildman–Crippen LogP) is 2.57. The standard InChI is InChI=1S/C17H13N5O3/c1-10-7-12(5-6-19-10)20-15(23)17-22-21-16(25-17)13-8-11(9-18)3-4-14(13)24-2/h3-8H,1-2H3,(H,19,20,23). The molecule has 0 unspecified atom stereocenters. The van der Waals surface area contributed by atoms with E-state index in [1.165, 1.54) is 7.11 Å². The summed E-state index contributed by atoms with van der Waals surface area (Å²) in [4.78, 5) is 16.3. The van der Waals surface area contributed by atoms with Crippen molar-refractivity contribution in [2.45, 2.75) is 6.92 Å². The molecule has 0 atom stereocenters. The van der Waals surface area contributed by atoms with Gasteiger partial charge in [0.15, 0.2) is 0 Å². The molecule has 0 saturated carbocycles. The molecule has 25 heavy (non-hydrogen) atoms. The van der Waals surface area contributed by atoms with Crippen LogP contribution in [0.2, 0.25) is 0 Å². The monoisotopic (exact) mass is 335 g/mol. The number of ether oxygens (including phenoxy) is 1. The Hall–Kier alpha value is -3.73. The number of rotatable bonds is 4. The molecule has 0 fully saturated rings. The van der Waals surface area contributed by atoms with E-state index in [2.05, 4.69) is 20.5 Å². The number of nitrogens with one attached hydrogen (secondary N) is 1. The maximum absolute atomic E-state index is 12.2. The average molecular weight is 335 g/mol. The summed E-state index contributed by atoms with van der Waals surface area (Å²) >= 11 is 0. The first-order valence-corrected chi connectivity index (χ1v) is 7.26. The zero-order valence-electron chi connectivity index (χ0n) is 13.5. The highest BCUT2D eigenvalue weighted by molar-refractivity contribution is 6.00. The van der Waals surface area contributed by atoms with Crippen molar-refractivity contribution in [1.82, 2.24) is 15.2 Å². The van der Waals surface area contributed by atoms with Crippen LogP contribution in [-0.2, 0) is 0 Å². The molecule has 0 bridgehead atoms. The Balaban J connectivity index is 1.88. The number of amides is 1. The van der Waals surface area contributed by atoms with Crippen LogP contribution in [0.1, 0.15) is 21.9 Å². The maximum Gasteiger partial charge on any atom is 0.313 e. The molecule has 2 heterocycles. The molecule has 0 saturated heterocycles. The summed E-state index contributed by atoms with van der Waals surface area (Å²) in [6.07, 6.45) is 1.59. The van der Waals surface area contributed by atoms with Gasteiger partial charge < -0.3 is 14.5 Å². The van der Waals surface area contributed by atoms with Crippen molar-refractivity contribution in [3.63, 3.8) is 0 Å². The van der Waals surface area contributed by atoms with Crippen LogP contribution in [-0.4, -0.2) is 28.2 Å². The lowest BCUT2D eigenvalue weighted by Crippen LogP contribution is -2.12. The van der Waals surface area contributed by atoms with Crippen molar-refractivity contribution < 1.29 is 13.9 Å². The van der Waals surface area contributed by atoms with Gasteiger partial charge in [-0.2, -0.15) is 5.26 Å². The number of anilines is 1. The minimum absolute atomic E-state index is 0.0880. The van der Waals surface area contributed by atoms with Crippen LogP contribution < -0.4 is 10.1 Å². The van der Waals surface area contributed by atoms with E-state index < -0.39 is 5.91 Å². The zero-order valence-corrected chi connectivity index (χ0v) is 13.5. The lowest BCUT2D eigenvalue weighted by atomic mass is 10.1. The third-order valence-electron chi connectivity index (χ3n) is 3.33. The van der Waals surface area contributed by atoms with Crippen LogP contribution in [0.4, 0.5) is 5.69 Å². The first-order chi connectivity index (χ1) is 12.1. The number of aryl methyl sites for hydroxylation is 1. The molecule has 1 aromatic carbocycles. The van der Waals surface area contributed by atoms with Crippen LogP contribution in [0.15, 0.2) is 40.9 Å². The minimum atomic E-state index is -0.542. The van der Waals surface area contributed by atoms with Gasteiger partial charge in [0.1, 0.15) is 5.75 Å². The topological polar surface area (TPSA) is 114 Å². The number of carbonyl (C=O) groups excluding carboxylic acids is 1. The fourth-order valence-electron chi connectivity index (χ4n) is 2.18. The predicted molar refractivity (Wildman–Crippen MR) is 87.9 cm³/mol. The highest BCUT2D eigenvalue weighted by Gasteiger charge is 2.19. The molecule has 0 aliphatic carbocycles. The third kappa shape index (κ3) is 3.45. The summed E-state index contributed by atoms with van der Waals surface area (Å²) in [5.74, 6) is -0.196. The third-order valence-corrected chi connectivity index (χ3v) is 3.33.